The molecule has 18 heavy (non-hydrogen) atoms. The van der Waals surface area contributed by atoms with Crippen molar-refractivity contribution in [3.05, 3.63) is 24.3 Å². The number of carboxylic acid groups (broad SMARTS) is 2. The van der Waals surface area contributed by atoms with Crippen LogP contribution in [0.5, 0.6) is 0 Å². The van der Waals surface area contributed by atoms with Crippen molar-refractivity contribution in [1.29, 1.82) is 0 Å². The quantitative estimate of drug-likeness (QED) is 0.601. The van der Waals surface area contributed by atoms with Crippen molar-refractivity contribution in [3.8, 4) is 0 Å². The molecule has 0 aromatic rings. The van der Waals surface area contributed by atoms with Crippen LogP contribution in [0.4, 0.5) is 26.3 Å². The molecule has 0 aromatic heterocycles. The summed E-state index contributed by atoms with van der Waals surface area (Å²) in [5, 5.41) is 15.4. The van der Waals surface area contributed by atoms with Crippen molar-refractivity contribution in [2.24, 2.45) is 0 Å². The lowest BCUT2D eigenvalue weighted by atomic mass is 10.5. The first-order valence-electron chi connectivity index (χ1n) is 3.81. The molecular formula is C8H6F6O4. The predicted octanol–water partition coefficient (Wildman–Crippen LogP) is 2.38. The molecule has 0 radical (unpaired) electrons. The second-order valence-corrected chi connectivity index (χ2v) is 2.43. The zero-order chi connectivity index (χ0) is 15.0. The molecule has 10 heteroatoms. The van der Waals surface area contributed by atoms with E-state index < -0.39 is 24.3 Å². The van der Waals surface area contributed by atoms with Crippen LogP contribution >= 0.6 is 0 Å². The topological polar surface area (TPSA) is 74.6 Å². The van der Waals surface area contributed by atoms with Gasteiger partial charge in [-0.15, -0.1) is 0 Å². The third kappa shape index (κ3) is 23.7. The molecular weight excluding hydrogens is 274 g/mol. The molecule has 0 unspecified atom stereocenters. The van der Waals surface area contributed by atoms with Gasteiger partial charge < -0.3 is 10.2 Å². The Bertz CT molecular complexity index is 304. The summed E-state index contributed by atoms with van der Waals surface area (Å²) >= 11 is 0. The molecule has 0 aliphatic heterocycles. The number of carbonyl (C=O) groups is 2. The van der Waals surface area contributed by atoms with Crippen LogP contribution in [-0.4, -0.2) is 34.5 Å². The predicted molar refractivity (Wildman–Crippen MR) is 45.7 cm³/mol. The first-order valence-corrected chi connectivity index (χ1v) is 3.81. The molecule has 0 atom stereocenters. The van der Waals surface area contributed by atoms with E-state index in [1.54, 1.807) is 0 Å². The minimum atomic E-state index is -4.53. The second kappa shape index (κ2) is 7.35. The number of hydrogen-bond donors (Lipinski definition) is 2. The Morgan fingerprint density at radius 1 is 0.722 bits per heavy atom. The number of allylic oxidation sites excluding steroid dienone is 2. The number of rotatable bonds is 2. The van der Waals surface area contributed by atoms with Gasteiger partial charge in [-0.3, -0.25) is 0 Å². The van der Waals surface area contributed by atoms with E-state index in [-0.39, 0.29) is 24.3 Å². The fourth-order valence-corrected chi connectivity index (χ4v) is 0.332. The number of alkyl halides is 6. The number of halogens is 6. The van der Waals surface area contributed by atoms with Crippen molar-refractivity contribution in [3.63, 3.8) is 0 Å². The normalized spacial score (nSPS) is 12.3. The third-order valence-corrected chi connectivity index (χ3v) is 0.830. The van der Waals surface area contributed by atoms with Gasteiger partial charge in [-0.05, 0) is 0 Å². The zero-order valence-electron chi connectivity index (χ0n) is 8.29. The highest BCUT2D eigenvalue weighted by atomic mass is 19.4. The lowest BCUT2D eigenvalue weighted by molar-refractivity contribution is -0.133. The largest absolute Gasteiger partial charge is 0.478 e. The maximum absolute atomic E-state index is 11.1. The van der Waals surface area contributed by atoms with Crippen LogP contribution in [-0.2, 0) is 9.59 Å². The summed E-state index contributed by atoms with van der Waals surface area (Å²) in [5.41, 5.74) is 0. The molecule has 104 valence electrons. The van der Waals surface area contributed by atoms with E-state index in [1.807, 2.05) is 0 Å². The molecule has 0 aliphatic rings. The van der Waals surface area contributed by atoms with E-state index in [0.717, 1.165) is 0 Å². The van der Waals surface area contributed by atoms with Gasteiger partial charge in [0.05, 0.1) is 0 Å². The molecule has 0 spiro atoms. The van der Waals surface area contributed by atoms with Gasteiger partial charge in [-0.1, -0.05) is 0 Å². The molecule has 0 aromatic carbocycles. The van der Waals surface area contributed by atoms with Gasteiger partial charge in [0, 0.05) is 24.3 Å². The first-order chi connectivity index (χ1) is 7.83. The number of hydrogen-bond acceptors (Lipinski definition) is 2. The number of aliphatic carboxylic acids is 2. The van der Waals surface area contributed by atoms with Crippen molar-refractivity contribution < 1.29 is 46.1 Å². The van der Waals surface area contributed by atoms with Gasteiger partial charge in [0.25, 0.3) is 0 Å². The van der Waals surface area contributed by atoms with Crippen molar-refractivity contribution >= 4 is 11.9 Å². The van der Waals surface area contributed by atoms with E-state index >= 15 is 0 Å². The molecule has 0 rings (SSSR count). The highest BCUT2D eigenvalue weighted by molar-refractivity contribution is 5.80. The lowest BCUT2D eigenvalue weighted by Crippen LogP contribution is -2.02. The summed E-state index contributed by atoms with van der Waals surface area (Å²) in [6.07, 6.45) is -9.65. The highest BCUT2D eigenvalue weighted by Crippen LogP contribution is 2.15. The van der Waals surface area contributed by atoms with Crippen LogP contribution in [0.2, 0.25) is 0 Å². The van der Waals surface area contributed by atoms with E-state index in [1.165, 1.54) is 0 Å². The molecule has 0 heterocycles. The van der Waals surface area contributed by atoms with Gasteiger partial charge >= 0.3 is 24.3 Å². The molecule has 0 aliphatic carbocycles. The van der Waals surface area contributed by atoms with E-state index in [4.69, 9.17) is 10.2 Å². The van der Waals surface area contributed by atoms with Crippen LogP contribution in [0.15, 0.2) is 24.3 Å². The average Bonchev–Trinajstić information content (AvgIpc) is 2.10. The summed E-state index contributed by atoms with van der Waals surface area (Å²) in [4.78, 5) is 18.9. The molecule has 0 fully saturated rings. The van der Waals surface area contributed by atoms with Crippen LogP contribution in [0, 0.1) is 0 Å². The fraction of sp³-hybridized carbons (Fsp3) is 0.250. The molecule has 2 N–H and O–H groups in total. The first kappa shape index (κ1) is 18.4. The van der Waals surface area contributed by atoms with Gasteiger partial charge in [-0.25, -0.2) is 9.59 Å². The third-order valence-electron chi connectivity index (χ3n) is 0.830. The summed E-state index contributed by atoms with van der Waals surface area (Å²) < 4.78 is 66.4. The highest BCUT2D eigenvalue weighted by Gasteiger charge is 2.22. The van der Waals surface area contributed by atoms with Gasteiger partial charge in [-0.2, -0.15) is 26.3 Å². The monoisotopic (exact) mass is 280 g/mol. The van der Waals surface area contributed by atoms with Gasteiger partial charge in [0.2, 0.25) is 0 Å². The summed E-state index contributed by atoms with van der Waals surface area (Å²) in [6.45, 7) is 0. The Hall–Kier alpha value is -2.00. The van der Waals surface area contributed by atoms with Crippen LogP contribution in [0.3, 0.4) is 0 Å². The van der Waals surface area contributed by atoms with Crippen LogP contribution in [0.1, 0.15) is 0 Å². The maximum atomic E-state index is 11.1. The molecule has 0 amide bonds. The summed E-state index contributed by atoms with van der Waals surface area (Å²) in [6, 6.07) is 0. The van der Waals surface area contributed by atoms with Gasteiger partial charge in [0.15, 0.2) is 0 Å². The number of carboxylic acids is 2. The molecule has 0 saturated heterocycles. The lowest BCUT2D eigenvalue weighted by Gasteiger charge is -1.93. The summed E-state index contributed by atoms with van der Waals surface area (Å²) in [7, 11) is 0. The van der Waals surface area contributed by atoms with Crippen LogP contribution in [0.25, 0.3) is 0 Å². The van der Waals surface area contributed by atoms with Gasteiger partial charge in [0.1, 0.15) is 0 Å². The average molecular weight is 280 g/mol. The Balaban J connectivity index is 0. The summed E-state index contributed by atoms with van der Waals surface area (Å²) in [5.74, 6) is -3.21. The fourth-order valence-electron chi connectivity index (χ4n) is 0.332. The minimum Gasteiger partial charge on any atom is -0.478 e. The van der Waals surface area contributed by atoms with E-state index in [0.29, 0.717) is 0 Å². The standard InChI is InChI=1S/2C4H3F3O2/c2*5-4(6,7)2-1-3(8)9/h2*1-2H,(H,8,9)/b2*2-1+. The molecule has 0 saturated carbocycles. The Morgan fingerprint density at radius 3 is 1.00 bits per heavy atom. The van der Waals surface area contributed by atoms with E-state index in [9.17, 15) is 35.9 Å². The van der Waals surface area contributed by atoms with Crippen molar-refractivity contribution in [1.82, 2.24) is 0 Å². The zero-order valence-corrected chi connectivity index (χ0v) is 8.29. The van der Waals surface area contributed by atoms with Crippen molar-refractivity contribution in [2.75, 3.05) is 0 Å². The second-order valence-electron chi connectivity index (χ2n) is 2.43. The Labute approximate surface area is 95.8 Å². The maximum Gasteiger partial charge on any atom is 0.410 e. The SMILES string of the molecule is O=C(O)/C=C/C(F)(F)F.O=C(O)/C=C/C(F)(F)F. The van der Waals surface area contributed by atoms with Crippen LogP contribution < -0.4 is 0 Å². The molecule has 4 nitrogen and oxygen atoms in total. The Kier molecular flexibility index (Phi) is 7.50. The minimum absolute atomic E-state index is 0.0417. The Morgan fingerprint density at radius 2 is 0.944 bits per heavy atom. The van der Waals surface area contributed by atoms with E-state index in [2.05, 4.69) is 0 Å². The van der Waals surface area contributed by atoms with Crippen molar-refractivity contribution in [2.45, 2.75) is 12.4 Å². The smallest absolute Gasteiger partial charge is 0.410 e. The molecule has 0 bridgehead atoms.